The minimum atomic E-state index is -0.245. The number of hydrogen-bond donors (Lipinski definition) is 0. The number of carbonyl (C=O) groups excluding carboxylic acids is 1. The number of amides is 1. The number of halogens is 1. The molecule has 152 valence electrons. The lowest BCUT2D eigenvalue weighted by molar-refractivity contribution is 0.0980. The van der Waals surface area contributed by atoms with Crippen LogP contribution in [0.5, 0.6) is 0 Å². The molecule has 31 heavy (non-hydrogen) atoms. The summed E-state index contributed by atoms with van der Waals surface area (Å²) >= 11 is 7.68. The molecule has 0 bridgehead atoms. The molecule has 5 rings (SSSR count). The van der Waals surface area contributed by atoms with Crippen molar-refractivity contribution in [2.75, 3.05) is 4.90 Å². The van der Waals surface area contributed by atoms with E-state index in [1.54, 1.807) is 4.90 Å². The van der Waals surface area contributed by atoms with Crippen molar-refractivity contribution in [2.24, 2.45) is 0 Å². The van der Waals surface area contributed by atoms with Crippen LogP contribution in [0, 0.1) is 6.92 Å². The second kappa shape index (κ2) is 8.06. The molecule has 0 saturated carbocycles. The Morgan fingerprint density at radius 3 is 2.55 bits per heavy atom. The van der Waals surface area contributed by atoms with Gasteiger partial charge in [0, 0.05) is 5.02 Å². The zero-order valence-electron chi connectivity index (χ0n) is 16.6. The Balaban J connectivity index is 1.61. The summed E-state index contributed by atoms with van der Waals surface area (Å²) in [7, 11) is 0. The quantitative estimate of drug-likeness (QED) is 0.338. The Bertz CT molecular complexity index is 1420. The molecule has 0 radical (unpaired) electrons. The SMILES string of the molecule is Cc1cc(Cl)cc2sc(N(Cc3ccccc3)C(=O)c3cnc4ccccc4n3)nc12. The molecule has 2 heterocycles. The summed E-state index contributed by atoms with van der Waals surface area (Å²) in [6, 6.07) is 21.1. The smallest absolute Gasteiger partial charge is 0.278 e. The Hall–Kier alpha value is -3.35. The van der Waals surface area contributed by atoms with Crippen LogP contribution >= 0.6 is 22.9 Å². The molecule has 7 heteroatoms. The van der Waals surface area contributed by atoms with Crippen molar-refractivity contribution in [1.29, 1.82) is 0 Å². The van der Waals surface area contributed by atoms with E-state index in [4.69, 9.17) is 16.6 Å². The highest BCUT2D eigenvalue weighted by Crippen LogP contribution is 2.34. The van der Waals surface area contributed by atoms with E-state index < -0.39 is 0 Å². The number of fused-ring (bicyclic) bond motifs is 2. The van der Waals surface area contributed by atoms with Crippen molar-refractivity contribution in [3.05, 3.63) is 94.8 Å². The highest BCUT2D eigenvalue weighted by molar-refractivity contribution is 7.22. The number of benzene rings is 3. The van der Waals surface area contributed by atoms with Crippen LogP contribution < -0.4 is 4.90 Å². The van der Waals surface area contributed by atoms with Gasteiger partial charge in [0.2, 0.25) is 0 Å². The number of aryl methyl sites for hydroxylation is 1. The topological polar surface area (TPSA) is 59.0 Å². The molecular formula is C24H17ClN4OS. The van der Waals surface area contributed by atoms with Crippen molar-refractivity contribution in [3.8, 4) is 0 Å². The Morgan fingerprint density at radius 2 is 1.74 bits per heavy atom. The zero-order chi connectivity index (χ0) is 21.4. The van der Waals surface area contributed by atoms with E-state index >= 15 is 0 Å². The number of para-hydroxylation sites is 2. The van der Waals surface area contributed by atoms with Crippen LogP contribution in [0.15, 0.2) is 72.9 Å². The molecule has 1 amide bonds. The molecule has 0 N–H and O–H groups in total. The molecule has 0 aliphatic rings. The summed E-state index contributed by atoms with van der Waals surface area (Å²) in [5, 5.41) is 1.26. The van der Waals surface area contributed by atoms with Crippen LogP contribution in [0.2, 0.25) is 5.02 Å². The molecule has 5 nitrogen and oxygen atoms in total. The number of aromatic nitrogens is 3. The van der Waals surface area contributed by atoms with Crippen molar-refractivity contribution < 1.29 is 4.79 Å². The summed E-state index contributed by atoms with van der Waals surface area (Å²) in [6.07, 6.45) is 1.53. The highest BCUT2D eigenvalue weighted by Gasteiger charge is 2.24. The Morgan fingerprint density at radius 1 is 1.00 bits per heavy atom. The second-order valence-electron chi connectivity index (χ2n) is 7.19. The minimum absolute atomic E-state index is 0.245. The van der Waals surface area contributed by atoms with Gasteiger partial charge in [-0.05, 0) is 42.3 Å². The number of hydrogen-bond acceptors (Lipinski definition) is 5. The summed E-state index contributed by atoms with van der Waals surface area (Å²) < 4.78 is 0.940. The van der Waals surface area contributed by atoms with E-state index in [9.17, 15) is 4.79 Å². The third kappa shape index (κ3) is 3.87. The van der Waals surface area contributed by atoms with Crippen molar-refractivity contribution >= 4 is 55.2 Å². The molecule has 0 fully saturated rings. The maximum Gasteiger partial charge on any atom is 0.280 e. The first kappa shape index (κ1) is 19.6. The summed E-state index contributed by atoms with van der Waals surface area (Å²) in [5.41, 5.74) is 4.53. The predicted octanol–water partition coefficient (Wildman–Crippen LogP) is 6.05. The van der Waals surface area contributed by atoms with Crippen LogP contribution in [0.25, 0.3) is 21.3 Å². The minimum Gasteiger partial charge on any atom is -0.278 e. The first-order valence-corrected chi connectivity index (χ1v) is 10.9. The van der Waals surface area contributed by atoms with Gasteiger partial charge < -0.3 is 0 Å². The van der Waals surface area contributed by atoms with Crippen molar-refractivity contribution in [1.82, 2.24) is 15.0 Å². The van der Waals surface area contributed by atoms with Gasteiger partial charge >= 0.3 is 0 Å². The van der Waals surface area contributed by atoms with Gasteiger partial charge in [-0.1, -0.05) is 65.4 Å². The molecule has 5 aromatic rings. The maximum absolute atomic E-state index is 13.6. The van der Waals surface area contributed by atoms with E-state index in [1.165, 1.54) is 17.5 Å². The second-order valence-corrected chi connectivity index (χ2v) is 8.63. The molecule has 2 aromatic heterocycles. The maximum atomic E-state index is 13.6. The van der Waals surface area contributed by atoms with Crippen LogP contribution in [0.3, 0.4) is 0 Å². The van der Waals surface area contributed by atoms with Gasteiger partial charge in [0.1, 0.15) is 5.69 Å². The van der Waals surface area contributed by atoms with Crippen LogP contribution in [0.1, 0.15) is 21.6 Å². The van der Waals surface area contributed by atoms with Gasteiger partial charge in [-0.15, -0.1) is 0 Å². The predicted molar refractivity (Wildman–Crippen MR) is 126 cm³/mol. The monoisotopic (exact) mass is 444 g/mol. The standard InChI is InChI=1S/C24H17ClN4OS/c1-15-11-17(25)12-21-22(15)28-24(31-21)29(14-16-7-3-2-4-8-16)23(30)20-13-26-18-9-5-6-10-19(18)27-20/h2-13H,14H2,1H3. The number of thiazole rings is 1. The fraction of sp³-hybridized carbons (Fsp3) is 0.0833. The van der Waals surface area contributed by atoms with E-state index in [1.807, 2.05) is 73.7 Å². The van der Waals surface area contributed by atoms with Crippen LogP contribution in [-0.2, 0) is 6.54 Å². The molecule has 0 atom stereocenters. The Kier molecular flexibility index (Phi) is 5.10. The lowest BCUT2D eigenvalue weighted by Gasteiger charge is -2.19. The van der Waals surface area contributed by atoms with Crippen molar-refractivity contribution in [3.63, 3.8) is 0 Å². The van der Waals surface area contributed by atoms with Crippen molar-refractivity contribution in [2.45, 2.75) is 13.5 Å². The molecule has 3 aromatic carbocycles. The molecule has 0 spiro atoms. The van der Waals surface area contributed by atoms with Gasteiger partial charge in [0.15, 0.2) is 5.13 Å². The van der Waals surface area contributed by atoms with Gasteiger partial charge in [-0.3, -0.25) is 14.7 Å². The molecule has 0 saturated heterocycles. The number of rotatable bonds is 4. The lowest BCUT2D eigenvalue weighted by Crippen LogP contribution is -2.31. The first-order valence-electron chi connectivity index (χ1n) is 9.73. The summed E-state index contributed by atoms with van der Waals surface area (Å²) in [6.45, 7) is 2.34. The third-order valence-corrected chi connectivity index (χ3v) is 6.21. The van der Waals surface area contributed by atoms with E-state index in [0.717, 1.165) is 26.9 Å². The summed E-state index contributed by atoms with van der Waals surface area (Å²) in [4.78, 5) is 29.0. The van der Waals surface area contributed by atoms with Gasteiger partial charge in [-0.2, -0.15) is 0 Å². The van der Waals surface area contributed by atoms with Crippen LogP contribution in [-0.4, -0.2) is 20.9 Å². The lowest BCUT2D eigenvalue weighted by atomic mass is 10.2. The molecular weight excluding hydrogens is 428 g/mol. The fourth-order valence-corrected chi connectivity index (χ4v) is 4.87. The zero-order valence-corrected chi connectivity index (χ0v) is 18.2. The largest absolute Gasteiger partial charge is 0.280 e. The number of anilines is 1. The molecule has 0 unspecified atom stereocenters. The van der Waals surface area contributed by atoms with Gasteiger partial charge in [-0.25, -0.2) is 9.97 Å². The third-order valence-electron chi connectivity index (χ3n) is 4.97. The van der Waals surface area contributed by atoms with Gasteiger partial charge in [0.25, 0.3) is 5.91 Å². The number of nitrogens with zero attached hydrogens (tertiary/aromatic N) is 4. The highest BCUT2D eigenvalue weighted by atomic mass is 35.5. The van der Waals surface area contributed by atoms with Gasteiger partial charge in [0.05, 0.1) is 34.0 Å². The Labute approximate surface area is 188 Å². The van der Waals surface area contributed by atoms with E-state index in [-0.39, 0.29) is 11.6 Å². The summed E-state index contributed by atoms with van der Waals surface area (Å²) in [5.74, 6) is -0.245. The van der Waals surface area contributed by atoms with E-state index in [0.29, 0.717) is 22.2 Å². The molecule has 0 aliphatic heterocycles. The van der Waals surface area contributed by atoms with E-state index in [2.05, 4.69) is 9.97 Å². The fourth-order valence-electron chi connectivity index (χ4n) is 3.45. The average molecular weight is 445 g/mol. The van der Waals surface area contributed by atoms with Crippen LogP contribution in [0.4, 0.5) is 5.13 Å². The first-order chi connectivity index (χ1) is 15.1. The average Bonchev–Trinajstić information content (AvgIpc) is 3.21. The molecule has 0 aliphatic carbocycles. The number of carbonyl (C=O) groups is 1. The normalized spacial score (nSPS) is 11.2.